The van der Waals surface area contributed by atoms with Gasteiger partial charge in [0.1, 0.15) is 6.67 Å². The molecule has 1 saturated heterocycles. The molecule has 1 rings (SSSR count). The molecule has 0 aliphatic carbocycles. The summed E-state index contributed by atoms with van der Waals surface area (Å²) in [6.07, 6.45) is 2.66. The topological polar surface area (TPSA) is 3.24 Å². The first-order valence-electron chi connectivity index (χ1n) is 4.68. The van der Waals surface area contributed by atoms with Crippen LogP contribution in [0.5, 0.6) is 0 Å². The van der Waals surface area contributed by atoms with Crippen molar-refractivity contribution in [3.05, 3.63) is 0 Å². The van der Waals surface area contributed by atoms with E-state index in [1.807, 2.05) is 0 Å². The molecule has 0 bridgehead atoms. The molecule has 1 aliphatic rings. The Labute approximate surface area is 70.4 Å². The van der Waals surface area contributed by atoms with Gasteiger partial charge < -0.3 is 4.48 Å². The van der Waals surface area contributed by atoms with Crippen LogP contribution >= 0.6 is 0 Å². The second kappa shape index (κ2) is 3.55. The monoisotopic (exact) mass is 157 g/mol. The minimum absolute atomic E-state index is 1.18. The van der Waals surface area contributed by atoms with Crippen LogP contribution in [-0.2, 0) is 0 Å². The maximum atomic E-state index is 2.57. The summed E-state index contributed by atoms with van der Waals surface area (Å²) in [4.78, 5) is 2.57. The Balaban J connectivity index is 2.34. The van der Waals surface area contributed by atoms with Gasteiger partial charge in [0, 0.05) is 19.5 Å². The highest BCUT2D eigenvalue weighted by Crippen LogP contribution is 2.10. The van der Waals surface area contributed by atoms with Crippen LogP contribution in [0.2, 0.25) is 0 Å². The Kier molecular flexibility index (Phi) is 2.90. The van der Waals surface area contributed by atoms with Gasteiger partial charge in [0.25, 0.3) is 0 Å². The fourth-order valence-electron chi connectivity index (χ4n) is 1.90. The molecule has 1 fully saturated rings. The first-order chi connectivity index (χ1) is 5.14. The highest BCUT2D eigenvalue weighted by molar-refractivity contribution is 4.57. The minimum atomic E-state index is 1.18. The molecule has 2 nitrogen and oxygen atoms in total. The summed E-state index contributed by atoms with van der Waals surface area (Å²) in [6, 6.07) is 0. The Morgan fingerprint density at radius 3 is 2.64 bits per heavy atom. The summed E-state index contributed by atoms with van der Waals surface area (Å²) >= 11 is 0. The lowest BCUT2D eigenvalue weighted by Gasteiger charge is -2.39. The average molecular weight is 157 g/mol. The van der Waals surface area contributed by atoms with E-state index in [-0.39, 0.29) is 0 Å². The fraction of sp³-hybridized carbons (Fsp3) is 1.00. The van der Waals surface area contributed by atoms with E-state index >= 15 is 0 Å². The molecule has 0 aromatic heterocycles. The van der Waals surface area contributed by atoms with Gasteiger partial charge in [-0.3, -0.25) is 4.90 Å². The second-order valence-electron chi connectivity index (χ2n) is 4.27. The van der Waals surface area contributed by atoms with Crippen molar-refractivity contribution in [2.24, 2.45) is 0 Å². The maximum Gasteiger partial charge on any atom is 0.134 e. The summed E-state index contributed by atoms with van der Waals surface area (Å²) < 4.78 is 1.18. The predicted molar refractivity (Wildman–Crippen MR) is 48.3 cm³/mol. The van der Waals surface area contributed by atoms with Crippen molar-refractivity contribution in [2.45, 2.75) is 19.8 Å². The van der Waals surface area contributed by atoms with E-state index in [1.165, 1.54) is 43.6 Å². The number of rotatable bonds is 2. The van der Waals surface area contributed by atoms with Crippen LogP contribution < -0.4 is 0 Å². The second-order valence-corrected chi connectivity index (χ2v) is 4.27. The molecule has 0 unspecified atom stereocenters. The molecule has 66 valence electrons. The molecular formula is C9H21N2+. The molecule has 2 heteroatoms. The normalized spacial score (nSPS) is 25.4. The van der Waals surface area contributed by atoms with Crippen molar-refractivity contribution < 1.29 is 4.48 Å². The molecule has 0 amide bonds. The summed E-state index contributed by atoms with van der Waals surface area (Å²) in [5, 5.41) is 0. The van der Waals surface area contributed by atoms with Gasteiger partial charge in [0.15, 0.2) is 0 Å². The third-order valence-electron chi connectivity index (χ3n) is 2.36. The van der Waals surface area contributed by atoms with Gasteiger partial charge in [-0.05, 0) is 6.42 Å². The van der Waals surface area contributed by atoms with E-state index in [0.717, 1.165) is 0 Å². The van der Waals surface area contributed by atoms with Crippen molar-refractivity contribution in [1.29, 1.82) is 0 Å². The van der Waals surface area contributed by atoms with Gasteiger partial charge in [0.2, 0.25) is 0 Å². The van der Waals surface area contributed by atoms with E-state index in [0.29, 0.717) is 0 Å². The van der Waals surface area contributed by atoms with E-state index in [2.05, 4.69) is 25.9 Å². The third kappa shape index (κ3) is 2.80. The van der Waals surface area contributed by atoms with Gasteiger partial charge >= 0.3 is 0 Å². The summed E-state index contributed by atoms with van der Waals surface area (Å²) in [5.41, 5.74) is 0. The zero-order chi connectivity index (χ0) is 8.32. The maximum absolute atomic E-state index is 2.57. The zero-order valence-corrected chi connectivity index (χ0v) is 8.14. The fourth-order valence-corrected chi connectivity index (χ4v) is 1.90. The molecular weight excluding hydrogens is 136 g/mol. The van der Waals surface area contributed by atoms with Crippen molar-refractivity contribution in [1.82, 2.24) is 4.90 Å². The highest BCUT2D eigenvalue weighted by Gasteiger charge is 2.23. The molecule has 0 aromatic rings. The van der Waals surface area contributed by atoms with Gasteiger partial charge in [-0.2, -0.15) is 0 Å². The van der Waals surface area contributed by atoms with Gasteiger partial charge in [-0.15, -0.1) is 0 Å². The average Bonchev–Trinajstić information content (AvgIpc) is 1.85. The van der Waals surface area contributed by atoms with Crippen LogP contribution in [-0.4, -0.2) is 49.8 Å². The van der Waals surface area contributed by atoms with Crippen molar-refractivity contribution >= 4 is 0 Å². The quantitative estimate of drug-likeness (QED) is 0.543. The van der Waals surface area contributed by atoms with Crippen molar-refractivity contribution in [3.63, 3.8) is 0 Å². The lowest BCUT2D eigenvalue weighted by Crippen LogP contribution is -2.54. The smallest absolute Gasteiger partial charge is 0.134 e. The first kappa shape index (κ1) is 9.01. The summed E-state index contributed by atoms with van der Waals surface area (Å²) in [7, 11) is 4.64. The van der Waals surface area contributed by atoms with Gasteiger partial charge in [-0.1, -0.05) is 6.92 Å². The lowest BCUT2D eigenvalue weighted by molar-refractivity contribution is -0.906. The van der Waals surface area contributed by atoms with E-state index < -0.39 is 0 Å². The molecule has 0 atom stereocenters. The van der Waals surface area contributed by atoms with E-state index in [1.54, 1.807) is 0 Å². The van der Waals surface area contributed by atoms with E-state index in [9.17, 15) is 0 Å². The van der Waals surface area contributed by atoms with Crippen LogP contribution in [0.1, 0.15) is 19.8 Å². The van der Waals surface area contributed by atoms with Gasteiger partial charge in [0.05, 0.1) is 20.6 Å². The zero-order valence-electron chi connectivity index (χ0n) is 8.14. The summed E-state index contributed by atoms with van der Waals surface area (Å²) in [5.74, 6) is 0. The SMILES string of the molecule is CCCN1CCC[N+](C)(C)C1. The van der Waals surface area contributed by atoms with Crippen LogP contribution in [0, 0.1) is 0 Å². The molecule has 0 aromatic carbocycles. The minimum Gasteiger partial charge on any atom is -0.316 e. The predicted octanol–water partition coefficient (Wildman–Crippen LogP) is 1.14. The summed E-state index contributed by atoms with van der Waals surface area (Å²) in [6.45, 7) is 7.44. The molecule has 0 radical (unpaired) electrons. The molecule has 0 saturated carbocycles. The largest absolute Gasteiger partial charge is 0.316 e. The van der Waals surface area contributed by atoms with Crippen LogP contribution in [0.15, 0.2) is 0 Å². The number of quaternary nitrogens is 1. The highest BCUT2D eigenvalue weighted by atomic mass is 15.4. The Morgan fingerprint density at radius 2 is 2.09 bits per heavy atom. The molecule has 1 aliphatic heterocycles. The molecule has 0 N–H and O–H groups in total. The standard InChI is InChI=1S/C9H21N2/c1-4-6-10-7-5-8-11(2,3)9-10/h4-9H2,1-3H3/q+1. The van der Waals surface area contributed by atoms with Crippen LogP contribution in [0.4, 0.5) is 0 Å². The Morgan fingerprint density at radius 1 is 1.36 bits per heavy atom. The van der Waals surface area contributed by atoms with Crippen molar-refractivity contribution in [3.8, 4) is 0 Å². The number of nitrogens with zero attached hydrogens (tertiary/aromatic N) is 2. The molecule has 1 heterocycles. The van der Waals surface area contributed by atoms with Crippen molar-refractivity contribution in [2.75, 3.05) is 40.4 Å². The Hall–Kier alpha value is -0.0800. The number of hydrogen-bond acceptors (Lipinski definition) is 1. The Bertz CT molecular complexity index is 119. The number of hydrogen-bond donors (Lipinski definition) is 0. The molecule has 11 heavy (non-hydrogen) atoms. The van der Waals surface area contributed by atoms with Crippen LogP contribution in [0.25, 0.3) is 0 Å². The first-order valence-corrected chi connectivity index (χ1v) is 4.68. The third-order valence-corrected chi connectivity index (χ3v) is 2.36. The van der Waals surface area contributed by atoms with Gasteiger partial charge in [-0.25, -0.2) is 0 Å². The molecule has 0 spiro atoms. The lowest BCUT2D eigenvalue weighted by atomic mass is 10.2. The van der Waals surface area contributed by atoms with Crippen LogP contribution in [0.3, 0.4) is 0 Å². The van der Waals surface area contributed by atoms with E-state index in [4.69, 9.17) is 0 Å².